The van der Waals surface area contributed by atoms with Gasteiger partial charge in [0.1, 0.15) is 25.8 Å². The smallest absolute Gasteiger partial charge is 0.147 e. The highest BCUT2D eigenvalue weighted by Crippen LogP contribution is 2.51. The maximum absolute atomic E-state index is 15.2. The van der Waals surface area contributed by atoms with Crippen molar-refractivity contribution in [2.24, 2.45) is 9.98 Å². The Kier molecular flexibility index (Phi) is 13.4. The predicted molar refractivity (Wildman–Crippen MR) is 262 cm³/mol. The van der Waals surface area contributed by atoms with Crippen molar-refractivity contribution >= 4 is 47.9 Å². The van der Waals surface area contributed by atoms with Crippen LogP contribution in [0.2, 0.25) is 0 Å². The van der Waals surface area contributed by atoms with Gasteiger partial charge in [-0.3, -0.25) is 9.98 Å². The molecule has 2 unspecified atom stereocenters. The molecule has 0 amide bonds. The summed E-state index contributed by atoms with van der Waals surface area (Å²) in [5.41, 5.74) is 3.99. The summed E-state index contributed by atoms with van der Waals surface area (Å²) in [4.78, 5) is 10.3. The Morgan fingerprint density at radius 2 is 0.790 bits per heavy atom. The summed E-state index contributed by atoms with van der Waals surface area (Å²) < 4.78 is 30.3. The molecule has 62 heavy (non-hydrogen) atoms. The van der Waals surface area contributed by atoms with Crippen molar-refractivity contribution < 1.29 is 19.3 Å². The average Bonchev–Trinajstić information content (AvgIpc) is 3.27. The zero-order chi connectivity index (χ0) is 44.1. The molecule has 1 aliphatic carbocycles. The lowest BCUT2D eigenvalue weighted by molar-refractivity contribution is 0.390. The zero-order valence-electron chi connectivity index (χ0n) is 36.9. The zero-order valence-corrected chi connectivity index (χ0v) is 38.7. The van der Waals surface area contributed by atoms with Crippen LogP contribution in [0, 0.1) is 0 Å². The first-order chi connectivity index (χ1) is 29.6. The summed E-state index contributed by atoms with van der Waals surface area (Å²) in [7, 11) is -6.37. The molecule has 6 nitrogen and oxygen atoms in total. The topological polar surface area (TPSA) is 99.3 Å². The van der Waals surface area contributed by atoms with Gasteiger partial charge in [0.2, 0.25) is 0 Å². The van der Waals surface area contributed by atoms with Crippen LogP contribution in [0.5, 0.6) is 11.5 Å². The summed E-state index contributed by atoms with van der Waals surface area (Å²) >= 11 is 0. The molecule has 1 aliphatic rings. The van der Waals surface area contributed by atoms with E-state index in [1.54, 1.807) is 12.4 Å². The van der Waals surface area contributed by atoms with Gasteiger partial charge in [-0.2, -0.15) is 0 Å². The summed E-state index contributed by atoms with van der Waals surface area (Å²) in [6, 6.07) is 46.0. The third-order valence-electron chi connectivity index (χ3n) is 12.2. The summed E-state index contributed by atoms with van der Waals surface area (Å²) in [6.07, 6.45) is 7.57. The van der Waals surface area contributed by atoms with E-state index in [-0.39, 0.29) is 46.7 Å². The van der Waals surface area contributed by atoms with Crippen LogP contribution in [0.3, 0.4) is 0 Å². The fourth-order valence-corrected chi connectivity index (χ4v) is 13.7. The molecule has 2 atom stereocenters. The van der Waals surface area contributed by atoms with E-state index >= 15 is 9.13 Å². The molecule has 0 aromatic heterocycles. The van der Waals surface area contributed by atoms with Gasteiger partial charge in [0.05, 0.1) is 12.1 Å². The molecule has 0 aliphatic heterocycles. The van der Waals surface area contributed by atoms with Crippen LogP contribution in [-0.2, 0) is 32.3 Å². The highest BCUT2D eigenvalue weighted by molar-refractivity contribution is 7.78. The van der Waals surface area contributed by atoms with Gasteiger partial charge in [-0.05, 0) is 46.9 Å². The van der Waals surface area contributed by atoms with Crippen molar-refractivity contribution in [3.8, 4) is 11.5 Å². The highest BCUT2D eigenvalue weighted by atomic mass is 31.2. The van der Waals surface area contributed by atoms with Crippen molar-refractivity contribution in [1.29, 1.82) is 0 Å². The monoisotopic (exact) mass is 862 g/mol. The third kappa shape index (κ3) is 9.99. The van der Waals surface area contributed by atoms with Gasteiger partial charge in [0.15, 0.2) is 0 Å². The number of rotatable bonds is 12. The van der Waals surface area contributed by atoms with Gasteiger partial charge in [0.25, 0.3) is 0 Å². The van der Waals surface area contributed by atoms with Crippen LogP contribution in [0.25, 0.3) is 0 Å². The first-order valence-electron chi connectivity index (χ1n) is 21.8. The quantitative estimate of drug-likeness (QED) is 0.0945. The molecule has 7 rings (SSSR count). The molecule has 2 N–H and O–H groups in total. The van der Waals surface area contributed by atoms with E-state index in [0.717, 1.165) is 58.0 Å². The van der Waals surface area contributed by atoms with Crippen molar-refractivity contribution in [3.63, 3.8) is 0 Å². The second-order valence-corrected chi connectivity index (χ2v) is 24.4. The molecule has 6 aromatic rings. The molecular weight excluding hydrogens is 803 g/mol. The van der Waals surface area contributed by atoms with E-state index in [0.29, 0.717) is 22.3 Å². The van der Waals surface area contributed by atoms with E-state index in [2.05, 4.69) is 41.5 Å². The van der Waals surface area contributed by atoms with Crippen molar-refractivity contribution in [3.05, 3.63) is 179 Å². The first kappa shape index (κ1) is 44.8. The fourth-order valence-electron chi connectivity index (χ4n) is 8.35. The molecule has 1 saturated carbocycles. The van der Waals surface area contributed by atoms with Crippen molar-refractivity contribution in [1.82, 2.24) is 0 Å². The number of nitrogens with zero attached hydrogens (tertiary/aromatic N) is 2. The van der Waals surface area contributed by atoms with Crippen molar-refractivity contribution in [2.45, 2.75) is 102 Å². The van der Waals surface area contributed by atoms with E-state index in [1.165, 1.54) is 0 Å². The second kappa shape index (κ2) is 18.6. The molecule has 8 heteroatoms. The van der Waals surface area contributed by atoms with E-state index < -0.39 is 14.3 Å². The summed E-state index contributed by atoms with van der Waals surface area (Å²) in [5, 5.41) is 26.9. The molecule has 6 aromatic carbocycles. The van der Waals surface area contributed by atoms with Crippen LogP contribution >= 0.6 is 14.3 Å². The molecular formula is C54H60N2O4P2. The first-order valence-corrected chi connectivity index (χ1v) is 25.5. The Morgan fingerprint density at radius 1 is 0.500 bits per heavy atom. The number of aliphatic imine (C=N–C) groups is 2. The number of benzene rings is 6. The lowest BCUT2D eigenvalue weighted by Gasteiger charge is -2.27. The molecule has 0 heterocycles. The van der Waals surface area contributed by atoms with Gasteiger partial charge in [0, 0.05) is 68.2 Å². The maximum Gasteiger partial charge on any atom is 0.147 e. The summed E-state index contributed by atoms with van der Waals surface area (Å²) in [6.45, 7) is 12.8. The highest BCUT2D eigenvalue weighted by Gasteiger charge is 2.32. The Labute approximate surface area is 368 Å². The molecule has 320 valence electrons. The Bertz CT molecular complexity index is 2360. The number of aromatic hydroxyl groups is 2. The molecule has 0 saturated heterocycles. The van der Waals surface area contributed by atoms with E-state index in [9.17, 15) is 10.2 Å². The fraction of sp³-hybridized carbons (Fsp3) is 0.296. The van der Waals surface area contributed by atoms with E-state index in [4.69, 9.17) is 9.98 Å². The van der Waals surface area contributed by atoms with Crippen molar-refractivity contribution in [2.75, 3.05) is 0 Å². The lowest BCUT2D eigenvalue weighted by atomic mass is 9.85. The van der Waals surface area contributed by atoms with Gasteiger partial charge in [-0.1, -0.05) is 188 Å². The minimum absolute atomic E-state index is 0.0874. The lowest BCUT2D eigenvalue weighted by Crippen LogP contribution is -2.27. The number of phenolic OH excluding ortho intramolecular Hbond substituents is 2. The van der Waals surface area contributed by atoms with Crippen LogP contribution in [-0.4, -0.2) is 34.7 Å². The SMILES string of the molecule is CC(C)(C)c1cc(C=NC2CCCCC2N=Cc2cc(C(C)(C)C)cc(CP(=O)(c3ccccc3)c3ccccc3)c2O)c(O)c(CP(=O)(c2ccccc2)c2ccccc2)c1. The number of phenols is 2. The number of hydrogen-bond acceptors (Lipinski definition) is 6. The van der Waals surface area contributed by atoms with Gasteiger partial charge < -0.3 is 19.3 Å². The van der Waals surface area contributed by atoms with Gasteiger partial charge in [-0.25, -0.2) is 0 Å². The molecule has 1 fully saturated rings. The third-order valence-corrected chi connectivity index (χ3v) is 18.3. The Morgan fingerprint density at radius 3 is 1.06 bits per heavy atom. The average molecular weight is 863 g/mol. The molecule has 0 radical (unpaired) electrons. The van der Waals surface area contributed by atoms with Gasteiger partial charge >= 0.3 is 0 Å². The maximum atomic E-state index is 15.2. The second-order valence-electron chi connectivity index (χ2n) is 18.8. The van der Waals surface area contributed by atoms with Crippen LogP contribution < -0.4 is 21.2 Å². The minimum Gasteiger partial charge on any atom is -0.507 e. The molecule has 0 bridgehead atoms. The summed E-state index contributed by atoms with van der Waals surface area (Å²) in [5.74, 6) is 0.175. The van der Waals surface area contributed by atoms with Crippen LogP contribution in [0.4, 0.5) is 0 Å². The minimum atomic E-state index is -3.18. The Balaban J connectivity index is 1.23. The van der Waals surface area contributed by atoms with Gasteiger partial charge in [-0.15, -0.1) is 0 Å². The number of hydrogen-bond donors (Lipinski definition) is 2. The van der Waals surface area contributed by atoms with E-state index in [1.807, 2.05) is 146 Å². The standard InChI is InChI=1S/C54H60N2O4P2/c1-53(2,3)43-31-39(51(57)41(33-43)37-61(59,45-21-11-7-12-22-45)46-23-13-8-14-24-46)35-55-49-29-19-20-30-50(49)56-36-40-32-44(54(4,5)6)34-42(52(40)58)38-62(60,47-25-15-9-16-26-47)48-27-17-10-18-28-48/h7-18,21-28,31-36,49-50,57-58H,19-20,29-30,37-38H2,1-6H3. The van der Waals surface area contributed by atoms with Crippen LogP contribution in [0.15, 0.2) is 156 Å². The molecule has 0 spiro atoms. The largest absolute Gasteiger partial charge is 0.507 e. The van der Waals surface area contributed by atoms with Crippen LogP contribution in [0.1, 0.15) is 101 Å². The Hall–Kier alpha value is -5.28. The normalized spacial score (nSPS) is 16.5. The predicted octanol–water partition coefficient (Wildman–Crippen LogP) is 11.6.